The van der Waals surface area contributed by atoms with Gasteiger partial charge in [-0.1, -0.05) is 47.5 Å². The van der Waals surface area contributed by atoms with Gasteiger partial charge in [0.1, 0.15) is 0 Å². The Morgan fingerprint density at radius 2 is 1.78 bits per heavy atom. The van der Waals surface area contributed by atoms with Gasteiger partial charge in [-0.3, -0.25) is 4.79 Å². The van der Waals surface area contributed by atoms with Crippen molar-refractivity contribution < 1.29 is 14.3 Å². The predicted octanol–water partition coefficient (Wildman–Crippen LogP) is 5.85. The number of anilines is 1. The first-order valence-corrected chi connectivity index (χ1v) is 13.2. The summed E-state index contributed by atoms with van der Waals surface area (Å²) >= 11 is 7.32. The molecule has 5 rings (SSSR count). The van der Waals surface area contributed by atoms with Crippen molar-refractivity contribution in [2.24, 2.45) is 0 Å². The van der Waals surface area contributed by atoms with E-state index in [-0.39, 0.29) is 5.91 Å². The number of ether oxygens (including phenoxy) is 2. The van der Waals surface area contributed by atoms with Gasteiger partial charge in [-0.15, -0.1) is 0 Å². The van der Waals surface area contributed by atoms with E-state index in [1.165, 1.54) is 17.1 Å². The van der Waals surface area contributed by atoms with Crippen LogP contribution in [0.15, 0.2) is 66.7 Å². The molecule has 37 heavy (non-hydrogen) atoms. The van der Waals surface area contributed by atoms with Crippen molar-refractivity contribution in [3.63, 3.8) is 0 Å². The van der Waals surface area contributed by atoms with Crippen LogP contribution >= 0.6 is 23.1 Å². The number of carbonyl (C=O) groups is 1. The lowest BCUT2D eigenvalue weighted by molar-refractivity contribution is 0.0746. The molecule has 0 bridgehead atoms. The van der Waals surface area contributed by atoms with E-state index in [9.17, 15) is 4.79 Å². The molecule has 1 fully saturated rings. The van der Waals surface area contributed by atoms with Crippen molar-refractivity contribution in [2.45, 2.75) is 13.3 Å². The lowest BCUT2D eigenvalue weighted by Gasteiger charge is -2.36. The third-order valence-corrected chi connectivity index (χ3v) is 7.15. The number of halogens is 1. The first-order valence-electron chi connectivity index (χ1n) is 12.0. The summed E-state index contributed by atoms with van der Waals surface area (Å²) in [4.78, 5) is 21.9. The van der Waals surface area contributed by atoms with E-state index in [1.807, 2.05) is 29.2 Å². The van der Waals surface area contributed by atoms with Crippen molar-refractivity contribution in [3.05, 3.63) is 94.3 Å². The van der Waals surface area contributed by atoms with Crippen LogP contribution in [0.25, 0.3) is 0 Å². The third-order valence-electron chi connectivity index (χ3n) is 6.28. The van der Waals surface area contributed by atoms with Crippen molar-refractivity contribution in [1.29, 1.82) is 0 Å². The van der Waals surface area contributed by atoms with Crippen LogP contribution in [0.4, 0.5) is 5.69 Å². The highest BCUT2D eigenvalue weighted by Gasteiger charge is 2.24. The van der Waals surface area contributed by atoms with Gasteiger partial charge in [0.15, 0.2) is 17.3 Å². The molecule has 0 unspecified atom stereocenters. The van der Waals surface area contributed by atoms with Crippen LogP contribution in [0.3, 0.4) is 0 Å². The number of aromatic nitrogens is 2. The molecule has 1 saturated heterocycles. The van der Waals surface area contributed by atoms with Gasteiger partial charge >= 0.3 is 0 Å². The summed E-state index contributed by atoms with van der Waals surface area (Å²) in [5.74, 6) is 1.60. The van der Waals surface area contributed by atoms with Crippen molar-refractivity contribution in [3.8, 4) is 16.7 Å². The third kappa shape index (κ3) is 6.03. The maximum absolute atomic E-state index is 13.3. The summed E-state index contributed by atoms with van der Waals surface area (Å²) in [6.07, 6.45) is 0.622. The number of nitrogens with zero attached hydrogens (tertiary/aromatic N) is 4. The molecular formula is C28H27ClN4O3S. The fourth-order valence-corrected chi connectivity index (χ4v) is 4.99. The van der Waals surface area contributed by atoms with Crippen LogP contribution in [0.5, 0.6) is 16.7 Å². The van der Waals surface area contributed by atoms with Gasteiger partial charge in [0.2, 0.25) is 0 Å². The zero-order chi connectivity index (χ0) is 25.8. The Labute approximate surface area is 225 Å². The second kappa shape index (κ2) is 11.2. The molecule has 2 heterocycles. The van der Waals surface area contributed by atoms with E-state index < -0.39 is 0 Å². The maximum Gasteiger partial charge on any atom is 0.298 e. The number of amides is 1. The molecule has 0 saturated carbocycles. The molecule has 0 aliphatic carbocycles. The summed E-state index contributed by atoms with van der Waals surface area (Å²) < 4.78 is 15.9. The zero-order valence-electron chi connectivity index (χ0n) is 20.7. The average molecular weight is 535 g/mol. The van der Waals surface area contributed by atoms with Crippen molar-refractivity contribution >= 4 is 34.7 Å². The minimum absolute atomic E-state index is 0.0458. The molecule has 1 aromatic heterocycles. The fourth-order valence-electron chi connectivity index (χ4n) is 4.25. The Morgan fingerprint density at radius 3 is 2.51 bits per heavy atom. The molecule has 0 N–H and O–H groups in total. The van der Waals surface area contributed by atoms with Crippen LogP contribution in [0, 0.1) is 6.92 Å². The first-order chi connectivity index (χ1) is 18.0. The number of carbonyl (C=O) groups excluding carboxylic acids is 1. The Bertz CT molecular complexity index is 1380. The Hall–Kier alpha value is -3.62. The Morgan fingerprint density at radius 1 is 1.00 bits per heavy atom. The van der Waals surface area contributed by atoms with E-state index in [2.05, 4.69) is 45.4 Å². The van der Waals surface area contributed by atoms with Gasteiger partial charge in [-0.2, -0.15) is 9.36 Å². The number of rotatable bonds is 7. The molecule has 4 aromatic rings. The SMILES string of the molecule is COc1ccc(C(=O)N2CCN(c3cccc(Cl)c3)CC2)cc1Oc1nc(Cc2ccc(C)cc2)ns1. The van der Waals surface area contributed by atoms with Gasteiger partial charge < -0.3 is 19.3 Å². The van der Waals surface area contributed by atoms with Crippen LogP contribution in [-0.2, 0) is 6.42 Å². The number of piperazine rings is 1. The van der Waals surface area contributed by atoms with Crippen molar-refractivity contribution in [1.82, 2.24) is 14.3 Å². The molecule has 1 amide bonds. The molecule has 1 aliphatic rings. The van der Waals surface area contributed by atoms with Crippen molar-refractivity contribution in [2.75, 3.05) is 38.2 Å². The van der Waals surface area contributed by atoms with Gasteiger partial charge in [0.05, 0.1) is 7.11 Å². The summed E-state index contributed by atoms with van der Waals surface area (Å²) in [6.45, 7) is 4.77. The van der Waals surface area contributed by atoms with E-state index >= 15 is 0 Å². The van der Waals surface area contributed by atoms with Gasteiger partial charge in [0.25, 0.3) is 11.1 Å². The molecule has 3 aromatic carbocycles. The van der Waals surface area contributed by atoms with Crippen LogP contribution in [-0.4, -0.2) is 53.5 Å². The standard InChI is InChI=1S/C28H27ClN4O3S/c1-19-6-8-20(9-7-19)16-26-30-28(37-31-26)36-25-17-21(10-11-24(25)35-2)27(34)33-14-12-32(13-15-33)23-5-3-4-22(29)18-23/h3-11,17-18H,12-16H2,1-2H3. The predicted molar refractivity (Wildman–Crippen MR) is 147 cm³/mol. The van der Waals surface area contributed by atoms with Gasteiger partial charge in [0, 0.05) is 60.4 Å². The van der Waals surface area contributed by atoms with Crippen LogP contribution < -0.4 is 14.4 Å². The first kappa shape index (κ1) is 25.0. The van der Waals surface area contributed by atoms with E-state index in [1.54, 1.807) is 25.3 Å². The smallest absolute Gasteiger partial charge is 0.298 e. The summed E-state index contributed by atoms with van der Waals surface area (Å²) in [7, 11) is 1.57. The summed E-state index contributed by atoms with van der Waals surface area (Å²) in [5.41, 5.74) is 3.95. The van der Waals surface area contributed by atoms with Crippen LogP contribution in [0.2, 0.25) is 5.02 Å². The number of benzene rings is 3. The molecule has 0 radical (unpaired) electrons. The number of hydrogen-bond acceptors (Lipinski definition) is 7. The lowest BCUT2D eigenvalue weighted by atomic mass is 10.1. The maximum atomic E-state index is 13.3. The zero-order valence-corrected chi connectivity index (χ0v) is 22.3. The second-order valence-electron chi connectivity index (χ2n) is 8.87. The fraction of sp³-hybridized carbons (Fsp3) is 0.250. The monoisotopic (exact) mass is 534 g/mol. The highest BCUT2D eigenvalue weighted by molar-refractivity contribution is 7.07. The minimum Gasteiger partial charge on any atom is -0.493 e. The van der Waals surface area contributed by atoms with E-state index in [0.717, 1.165) is 24.3 Å². The molecule has 0 spiro atoms. The lowest BCUT2D eigenvalue weighted by Crippen LogP contribution is -2.48. The van der Waals surface area contributed by atoms with Gasteiger partial charge in [-0.25, -0.2) is 0 Å². The molecule has 1 aliphatic heterocycles. The normalized spacial score (nSPS) is 13.5. The topological polar surface area (TPSA) is 67.8 Å². The summed E-state index contributed by atoms with van der Waals surface area (Å²) in [5, 5.41) is 1.11. The molecule has 9 heteroatoms. The Balaban J connectivity index is 1.25. The van der Waals surface area contributed by atoms with Crippen LogP contribution in [0.1, 0.15) is 27.3 Å². The van der Waals surface area contributed by atoms with Gasteiger partial charge in [-0.05, 0) is 48.9 Å². The molecule has 190 valence electrons. The number of aryl methyl sites for hydroxylation is 1. The van der Waals surface area contributed by atoms with E-state index in [4.69, 9.17) is 21.1 Å². The second-order valence-corrected chi connectivity index (χ2v) is 10.0. The largest absolute Gasteiger partial charge is 0.493 e. The quantitative estimate of drug-likeness (QED) is 0.296. The Kier molecular flexibility index (Phi) is 7.58. The average Bonchev–Trinajstić information content (AvgIpc) is 3.36. The molecular weight excluding hydrogens is 508 g/mol. The number of hydrogen-bond donors (Lipinski definition) is 0. The number of methoxy groups -OCH3 is 1. The molecule has 0 atom stereocenters. The van der Waals surface area contributed by atoms with E-state index in [0.29, 0.717) is 52.6 Å². The summed E-state index contributed by atoms with van der Waals surface area (Å²) in [6, 6.07) is 21.3. The highest BCUT2D eigenvalue weighted by Crippen LogP contribution is 2.34. The highest BCUT2D eigenvalue weighted by atomic mass is 35.5. The minimum atomic E-state index is -0.0458. The molecule has 7 nitrogen and oxygen atoms in total.